The lowest BCUT2D eigenvalue weighted by Gasteiger charge is -2.07. The van der Waals surface area contributed by atoms with E-state index in [-0.39, 0.29) is 24.4 Å². The Hall–Kier alpha value is -2.97. The zero-order valence-electron chi connectivity index (χ0n) is 13.8. The Bertz CT molecular complexity index is 885. The van der Waals surface area contributed by atoms with Crippen LogP contribution in [-0.4, -0.2) is 23.0 Å². The first-order valence-electron chi connectivity index (χ1n) is 7.66. The molecule has 0 fully saturated rings. The minimum Gasteiger partial charge on any atom is -0.325 e. The van der Waals surface area contributed by atoms with E-state index in [0.29, 0.717) is 21.3 Å². The number of nitrogens with zero attached hydrogens (tertiary/aromatic N) is 2. The highest BCUT2D eigenvalue weighted by Gasteiger charge is 2.09. The van der Waals surface area contributed by atoms with Crippen molar-refractivity contribution in [3.63, 3.8) is 0 Å². The van der Waals surface area contributed by atoms with E-state index >= 15 is 0 Å². The Morgan fingerprint density at radius 2 is 1.74 bits per heavy atom. The molecule has 0 radical (unpaired) electrons. The summed E-state index contributed by atoms with van der Waals surface area (Å²) in [4.78, 5) is 33.6. The first kappa shape index (κ1) is 20.3. The number of hydrogen-bond acceptors (Lipinski definition) is 5. The normalized spacial score (nSPS) is 10.6. The van der Waals surface area contributed by atoms with Gasteiger partial charge in [-0.25, -0.2) is 5.43 Å². The predicted octanol–water partition coefficient (Wildman–Crippen LogP) is 3.77. The van der Waals surface area contributed by atoms with Crippen LogP contribution in [0.25, 0.3) is 0 Å². The van der Waals surface area contributed by atoms with Gasteiger partial charge in [-0.1, -0.05) is 23.2 Å². The average molecular weight is 409 g/mol. The van der Waals surface area contributed by atoms with Crippen molar-refractivity contribution in [2.45, 2.75) is 12.8 Å². The number of anilines is 1. The van der Waals surface area contributed by atoms with Crippen LogP contribution in [0.15, 0.2) is 47.6 Å². The highest BCUT2D eigenvalue weighted by atomic mass is 35.5. The molecule has 140 valence electrons. The molecule has 8 nitrogen and oxygen atoms in total. The molecule has 0 spiro atoms. The molecule has 2 N–H and O–H groups in total. The second-order valence-electron chi connectivity index (χ2n) is 5.31. The summed E-state index contributed by atoms with van der Waals surface area (Å²) in [5.41, 5.74) is 3.23. The Labute approximate surface area is 164 Å². The van der Waals surface area contributed by atoms with Gasteiger partial charge < -0.3 is 5.32 Å². The Kier molecular flexibility index (Phi) is 7.27. The minimum atomic E-state index is -0.509. The molecule has 0 saturated carbocycles. The van der Waals surface area contributed by atoms with E-state index in [1.807, 2.05) is 0 Å². The molecule has 0 atom stereocenters. The molecule has 0 heterocycles. The van der Waals surface area contributed by atoms with Gasteiger partial charge in [-0.3, -0.25) is 19.7 Å². The molecule has 2 aromatic carbocycles. The summed E-state index contributed by atoms with van der Waals surface area (Å²) < 4.78 is 0. The summed E-state index contributed by atoms with van der Waals surface area (Å²) in [5, 5.41) is 17.6. The topological polar surface area (TPSA) is 114 Å². The maximum absolute atomic E-state index is 11.9. The molecule has 2 rings (SSSR count). The number of rotatable bonds is 7. The van der Waals surface area contributed by atoms with Crippen LogP contribution in [0.2, 0.25) is 10.0 Å². The molecule has 27 heavy (non-hydrogen) atoms. The van der Waals surface area contributed by atoms with Crippen molar-refractivity contribution in [1.82, 2.24) is 5.43 Å². The number of nitrogens with one attached hydrogen (secondary N) is 2. The number of amides is 2. The molecular formula is C17H14Cl2N4O4. The first-order valence-corrected chi connectivity index (χ1v) is 8.42. The summed E-state index contributed by atoms with van der Waals surface area (Å²) in [6.07, 6.45) is 1.21. The molecule has 10 heteroatoms. The number of non-ortho nitro benzene ring substituents is 1. The van der Waals surface area contributed by atoms with Gasteiger partial charge in [-0.05, 0) is 35.9 Å². The van der Waals surface area contributed by atoms with Crippen molar-refractivity contribution in [3.8, 4) is 0 Å². The van der Waals surface area contributed by atoms with Crippen LogP contribution in [0.5, 0.6) is 0 Å². The second-order valence-corrected chi connectivity index (χ2v) is 6.16. The lowest BCUT2D eigenvalue weighted by Crippen LogP contribution is -2.20. The van der Waals surface area contributed by atoms with E-state index in [1.165, 1.54) is 36.5 Å². The first-order chi connectivity index (χ1) is 12.8. The summed E-state index contributed by atoms with van der Waals surface area (Å²) >= 11 is 11.7. The standard InChI is InChI=1S/C17H14Cl2N4O4/c18-12-3-6-15(14(19)9-12)21-16(24)7-8-17(25)22-20-10-11-1-4-13(5-2-11)23(26)27/h1-6,9-10H,7-8H2,(H,21,24)(H,22,25)/b20-10+. The molecule has 0 aliphatic carbocycles. The van der Waals surface area contributed by atoms with Gasteiger partial charge in [0.05, 0.1) is 21.8 Å². The largest absolute Gasteiger partial charge is 0.325 e. The molecule has 2 amide bonds. The SMILES string of the molecule is O=C(CCC(=O)Nc1ccc(Cl)cc1Cl)N/N=C/c1ccc([N+](=O)[O-])cc1. The molecule has 0 saturated heterocycles. The summed E-state index contributed by atoms with van der Waals surface area (Å²) in [7, 11) is 0. The number of hydrogen-bond donors (Lipinski definition) is 2. The molecule has 0 aliphatic rings. The zero-order valence-corrected chi connectivity index (χ0v) is 15.3. The smallest absolute Gasteiger partial charge is 0.269 e. The van der Waals surface area contributed by atoms with Gasteiger partial charge in [-0.2, -0.15) is 5.10 Å². The van der Waals surface area contributed by atoms with Gasteiger partial charge in [0.25, 0.3) is 5.69 Å². The van der Waals surface area contributed by atoms with Crippen LogP contribution < -0.4 is 10.7 Å². The van der Waals surface area contributed by atoms with Crippen molar-refractivity contribution in [1.29, 1.82) is 0 Å². The zero-order chi connectivity index (χ0) is 19.8. The number of nitro groups is 1. The number of halogens is 2. The third-order valence-corrected chi connectivity index (χ3v) is 3.84. The maximum Gasteiger partial charge on any atom is 0.269 e. The quantitative estimate of drug-likeness (QED) is 0.412. The van der Waals surface area contributed by atoms with Gasteiger partial charge >= 0.3 is 0 Å². The monoisotopic (exact) mass is 408 g/mol. The lowest BCUT2D eigenvalue weighted by molar-refractivity contribution is -0.384. The summed E-state index contributed by atoms with van der Waals surface area (Å²) in [6.45, 7) is 0. The fourth-order valence-electron chi connectivity index (χ4n) is 1.95. The average Bonchev–Trinajstić information content (AvgIpc) is 2.63. The van der Waals surface area contributed by atoms with Crippen LogP contribution in [-0.2, 0) is 9.59 Å². The van der Waals surface area contributed by atoms with Crippen LogP contribution in [0, 0.1) is 10.1 Å². The van der Waals surface area contributed by atoms with Crippen LogP contribution in [0.4, 0.5) is 11.4 Å². The molecule has 0 aromatic heterocycles. The summed E-state index contributed by atoms with van der Waals surface area (Å²) in [6, 6.07) is 10.3. The molecule has 0 bridgehead atoms. The predicted molar refractivity (Wildman–Crippen MR) is 103 cm³/mol. The number of carbonyl (C=O) groups excluding carboxylic acids is 2. The van der Waals surface area contributed by atoms with Crippen molar-refractivity contribution < 1.29 is 14.5 Å². The maximum atomic E-state index is 11.9. The van der Waals surface area contributed by atoms with Crippen LogP contribution >= 0.6 is 23.2 Å². The Balaban J connectivity index is 1.76. The molecular weight excluding hydrogens is 395 g/mol. The molecule has 0 unspecified atom stereocenters. The van der Waals surface area contributed by atoms with E-state index in [4.69, 9.17) is 23.2 Å². The van der Waals surface area contributed by atoms with Gasteiger partial charge in [0, 0.05) is 30.0 Å². The van der Waals surface area contributed by atoms with Gasteiger partial charge in [-0.15, -0.1) is 0 Å². The lowest BCUT2D eigenvalue weighted by atomic mass is 10.2. The van der Waals surface area contributed by atoms with Crippen LogP contribution in [0.3, 0.4) is 0 Å². The highest BCUT2D eigenvalue weighted by molar-refractivity contribution is 6.36. The number of nitro benzene ring substituents is 1. The Morgan fingerprint density at radius 1 is 1.07 bits per heavy atom. The van der Waals surface area contributed by atoms with Gasteiger partial charge in [0.2, 0.25) is 11.8 Å². The number of carbonyl (C=O) groups is 2. The summed E-state index contributed by atoms with van der Waals surface area (Å²) in [5.74, 6) is -0.834. The van der Waals surface area contributed by atoms with Gasteiger partial charge in [0.15, 0.2) is 0 Å². The number of benzene rings is 2. The van der Waals surface area contributed by atoms with Crippen molar-refractivity contribution in [3.05, 3.63) is 68.2 Å². The van der Waals surface area contributed by atoms with Crippen molar-refractivity contribution in [2.24, 2.45) is 5.10 Å². The third kappa shape index (κ3) is 6.69. The van der Waals surface area contributed by atoms with Gasteiger partial charge in [0.1, 0.15) is 0 Å². The van der Waals surface area contributed by atoms with Crippen LogP contribution in [0.1, 0.15) is 18.4 Å². The van der Waals surface area contributed by atoms with Crippen molar-refractivity contribution in [2.75, 3.05) is 5.32 Å². The van der Waals surface area contributed by atoms with E-state index in [2.05, 4.69) is 15.8 Å². The molecule has 2 aromatic rings. The van der Waals surface area contributed by atoms with E-state index in [1.54, 1.807) is 12.1 Å². The Morgan fingerprint density at radius 3 is 2.37 bits per heavy atom. The molecule has 0 aliphatic heterocycles. The third-order valence-electron chi connectivity index (χ3n) is 3.29. The highest BCUT2D eigenvalue weighted by Crippen LogP contribution is 2.25. The van der Waals surface area contributed by atoms with E-state index in [0.717, 1.165) is 0 Å². The minimum absolute atomic E-state index is 0.0389. The van der Waals surface area contributed by atoms with E-state index < -0.39 is 10.8 Å². The van der Waals surface area contributed by atoms with Crippen molar-refractivity contribution >= 4 is 52.6 Å². The second kappa shape index (κ2) is 9.65. The van der Waals surface area contributed by atoms with E-state index in [9.17, 15) is 19.7 Å². The fourth-order valence-corrected chi connectivity index (χ4v) is 2.40. The number of hydrazone groups is 1. The fraction of sp³-hybridized carbons (Fsp3) is 0.118.